The second kappa shape index (κ2) is 8.97. The van der Waals surface area contributed by atoms with Crippen LogP contribution in [0.4, 0.5) is 5.69 Å². The molecule has 0 aliphatic heterocycles. The third-order valence-corrected chi connectivity index (χ3v) is 4.27. The van der Waals surface area contributed by atoms with Crippen molar-refractivity contribution in [3.63, 3.8) is 0 Å². The molecule has 2 aromatic rings. The molecule has 2 rings (SSSR count). The van der Waals surface area contributed by atoms with E-state index < -0.39 is 0 Å². The highest BCUT2D eigenvalue weighted by molar-refractivity contribution is 9.10. The third kappa shape index (κ3) is 6.14. The van der Waals surface area contributed by atoms with Gasteiger partial charge in [-0.05, 0) is 66.5 Å². The van der Waals surface area contributed by atoms with Crippen molar-refractivity contribution in [1.29, 1.82) is 0 Å². The van der Waals surface area contributed by atoms with E-state index in [0.29, 0.717) is 11.7 Å². The molecule has 2 aromatic carbocycles. The lowest BCUT2D eigenvalue weighted by atomic mass is 9.98. The highest BCUT2D eigenvalue weighted by Gasteiger charge is 2.08. The van der Waals surface area contributed by atoms with Gasteiger partial charge in [0, 0.05) is 10.2 Å². The minimum absolute atomic E-state index is 0.0965. The number of benzene rings is 2. The summed E-state index contributed by atoms with van der Waals surface area (Å²) in [5.41, 5.74) is 3.22. The SMILES string of the molecule is Cc1cc(OCC(=O)NC(=S)Nc2cccc(Br)c2)ccc1C(C)C. The van der Waals surface area contributed by atoms with E-state index in [-0.39, 0.29) is 17.6 Å². The van der Waals surface area contributed by atoms with Gasteiger partial charge in [-0.3, -0.25) is 10.1 Å². The Morgan fingerprint density at radius 1 is 1.24 bits per heavy atom. The van der Waals surface area contributed by atoms with Crippen molar-refractivity contribution in [3.05, 3.63) is 58.1 Å². The van der Waals surface area contributed by atoms with Crippen LogP contribution in [-0.2, 0) is 4.79 Å². The number of halogens is 1. The van der Waals surface area contributed by atoms with Crippen LogP contribution in [0.15, 0.2) is 46.9 Å². The van der Waals surface area contributed by atoms with Gasteiger partial charge in [0.25, 0.3) is 5.91 Å². The number of hydrogen-bond acceptors (Lipinski definition) is 3. The number of hydrogen-bond donors (Lipinski definition) is 2. The molecule has 0 spiro atoms. The second-order valence-corrected chi connectivity index (χ2v) is 7.30. The lowest BCUT2D eigenvalue weighted by molar-refractivity contribution is -0.121. The number of carbonyl (C=O) groups is 1. The Labute approximate surface area is 162 Å². The average Bonchev–Trinajstić information content (AvgIpc) is 2.52. The van der Waals surface area contributed by atoms with Crippen LogP contribution in [0, 0.1) is 6.92 Å². The first-order valence-electron chi connectivity index (χ1n) is 7.95. The summed E-state index contributed by atoms with van der Waals surface area (Å²) < 4.78 is 6.47. The Bertz CT molecular complexity index is 778. The highest BCUT2D eigenvalue weighted by atomic mass is 79.9. The fourth-order valence-corrected chi connectivity index (χ4v) is 3.06. The quantitative estimate of drug-likeness (QED) is 0.683. The van der Waals surface area contributed by atoms with E-state index in [0.717, 1.165) is 15.7 Å². The van der Waals surface area contributed by atoms with Gasteiger partial charge in [-0.25, -0.2) is 0 Å². The van der Waals surface area contributed by atoms with Crippen LogP contribution >= 0.6 is 28.1 Å². The van der Waals surface area contributed by atoms with Crippen LogP contribution in [0.1, 0.15) is 30.9 Å². The molecule has 0 aliphatic carbocycles. The predicted molar refractivity (Wildman–Crippen MR) is 109 cm³/mol. The molecular formula is C19H21BrN2O2S. The molecule has 4 nitrogen and oxygen atoms in total. The van der Waals surface area contributed by atoms with Crippen LogP contribution in [-0.4, -0.2) is 17.6 Å². The molecule has 0 radical (unpaired) electrons. The largest absolute Gasteiger partial charge is 0.484 e. The number of thiocarbonyl (C=S) groups is 1. The van der Waals surface area contributed by atoms with E-state index in [9.17, 15) is 4.79 Å². The second-order valence-electron chi connectivity index (χ2n) is 5.97. The van der Waals surface area contributed by atoms with Gasteiger partial charge in [0.15, 0.2) is 11.7 Å². The Kier molecular flexibility index (Phi) is 6.96. The molecular weight excluding hydrogens is 400 g/mol. The Morgan fingerprint density at radius 2 is 2.00 bits per heavy atom. The molecule has 25 heavy (non-hydrogen) atoms. The first-order valence-corrected chi connectivity index (χ1v) is 9.15. The standard InChI is InChI=1S/C19H21BrN2O2S/c1-12(2)17-8-7-16(9-13(17)3)24-11-18(23)22-19(25)21-15-6-4-5-14(20)10-15/h4-10,12H,11H2,1-3H3,(H2,21,22,23,25). The van der Waals surface area contributed by atoms with Crippen LogP contribution in [0.2, 0.25) is 0 Å². The van der Waals surface area contributed by atoms with E-state index in [2.05, 4.69) is 40.4 Å². The van der Waals surface area contributed by atoms with Gasteiger partial charge in [0.2, 0.25) is 0 Å². The Hall–Kier alpha value is -1.92. The summed E-state index contributed by atoms with van der Waals surface area (Å²) in [7, 11) is 0. The van der Waals surface area contributed by atoms with Crippen molar-refractivity contribution in [2.24, 2.45) is 0 Å². The summed E-state index contributed by atoms with van der Waals surface area (Å²) in [6.45, 7) is 6.24. The van der Waals surface area contributed by atoms with Crippen molar-refractivity contribution >= 4 is 44.9 Å². The van der Waals surface area contributed by atoms with Crippen molar-refractivity contribution < 1.29 is 9.53 Å². The number of nitrogens with one attached hydrogen (secondary N) is 2. The Balaban J connectivity index is 1.84. The summed E-state index contributed by atoms with van der Waals surface area (Å²) in [4.78, 5) is 12.0. The van der Waals surface area contributed by atoms with E-state index >= 15 is 0 Å². The average molecular weight is 421 g/mol. The molecule has 2 N–H and O–H groups in total. The molecule has 0 atom stereocenters. The topological polar surface area (TPSA) is 50.4 Å². The van der Waals surface area contributed by atoms with Gasteiger partial charge >= 0.3 is 0 Å². The maximum atomic E-state index is 12.0. The number of carbonyl (C=O) groups excluding carboxylic acids is 1. The zero-order valence-corrected chi connectivity index (χ0v) is 16.8. The third-order valence-electron chi connectivity index (χ3n) is 3.57. The maximum Gasteiger partial charge on any atom is 0.264 e. The predicted octanol–water partition coefficient (Wildman–Crippen LogP) is 4.77. The molecule has 0 aliphatic rings. The van der Waals surface area contributed by atoms with Crippen molar-refractivity contribution in [1.82, 2.24) is 5.32 Å². The van der Waals surface area contributed by atoms with Gasteiger partial charge in [-0.1, -0.05) is 41.9 Å². The van der Waals surface area contributed by atoms with Crippen molar-refractivity contribution in [2.45, 2.75) is 26.7 Å². The monoisotopic (exact) mass is 420 g/mol. The molecule has 0 saturated heterocycles. The zero-order chi connectivity index (χ0) is 18.4. The summed E-state index contributed by atoms with van der Waals surface area (Å²) in [6, 6.07) is 13.4. The summed E-state index contributed by atoms with van der Waals surface area (Å²) in [6.07, 6.45) is 0. The first kappa shape index (κ1) is 19.4. The summed E-state index contributed by atoms with van der Waals surface area (Å²) in [5, 5.41) is 5.79. The minimum Gasteiger partial charge on any atom is -0.484 e. The van der Waals surface area contributed by atoms with Gasteiger partial charge in [-0.15, -0.1) is 0 Å². The smallest absolute Gasteiger partial charge is 0.264 e. The van der Waals surface area contributed by atoms with Crippen LogP contribution < -0.4 is 15.4 Å². The molecule has 0 unspecified atom stereocenters. The summed E-state index contributed by atoms with van der Waals surface area (Å²) in [5.74, 6) is 0.819. The fraction of sp³-hybridized carbons (Fsp3) is 0.263. The number of ether oxygens (including phenoxy) is 1. The van der Waals surface area contributed by atoms with Gasteiger partial charge < -0.3 is 10.1 Å². The van der Waals surface area contributed by atoms with Crippen molar-refractivity contribution in [3.8, 4) is 5.75 Å². The van der Waals surface area contributed by atoms with Crippen LogP contribution in [0.3, 0.4) is 0 Å². The molecule has 0 aromatic heterocycles. The van der Waals surface area contributed by atoms with Gasteiger partial charge in [-0.2, -0.15) is 0 Å². The van der Waals surface area contributed by atoms with E-state index in [1.54, 1.807) is 0 Å². The van der Waals surface area contributed by atoms with Gasteiger partial charge in [0.1, 0.15) is 5.75 Å². The number of rotatable bonds is 5. The normalized spacial score (nSPS) is 10.4. The number of aryl methyl sites for hydroxylation is 1. The number of anilines is 1. The molecule has 0 heterocycles. The maximum absolute atomic E-state index is 12.0. The first-order chi connectivity index (χ1) is 11.8. The molecule has 0 saturated carbocycles. The van der Waals surface area contributed by atoms with Gasteiger partial charge in [0.05, 0.1) is 0 Å². The lowest BCUT2D eigenvalue weighted by Gasteiger charge is -2.13. The van der Waals surface area contributed by atoms with Crippen LogP contribution in [0.5, 0.6) is 5.75 Å². The molecule has 1 amide bonds. The molecule has 0 fully saturated rings. The van der Waals surface area contributed by atoms with E-state index in [1.165, 1.54) is 5.56 Å². The number of amides is 1. The van der Waals surface area contributed by atoms with Crippen molar-refractivity contribution in [2.75, 3.05) is 11.9 Å². The van der Waals surface area contributed by atoms with Crippen LogP contribution in [0.25, 0.3) is 0 Å². The molecule has 0 bridgehead atoms. The summed E-state index contributed by atoms with van der Waals surface area (Å²) >= 11 is 8.52. The fourth-order valence-electron chi connectivity index (χ4n) is 2.43. The highest BCUT2D eigenvalue weighted by Crippen LogP contribution is 2.23. The lowest BCUT2D eigenvalue weighted by Crippen LogP contribution is -2.37. The van der Waals surface area contributed by atoms with E-state index in [4.69, 9.17) is 17.0 Å². The Morgan fingerprint density at radius 3 is 2.64 bits per heavy atom. The molecule has 132 valence electrons. The minimum atomic E-state index is -0.307. The zero-order valence-electron chi connectivity index (χ0n) is 14.4. The molecule has 6 heteroatoms. The van der Waals surface area contributed by atoms with E-state index in [1.807, 2.05) is 49.4 Å².